The van der Waals surface area contributed by atoms with Crippen molar-refractivity contribution in [3.8, 4) is 0 Å². The highest BCUT2D eigenvalue weighted by Crippen LogP contribution is 2.30. The summed E-state index contributed by atoms with van der Waals surface area (Å²) in [4.78, 5) is 0.715. The lowest BCUT2D eigenvalue weighted by molar-refractivity contribution is 0.270. The van der Waals surface area contributed by atoms with Gasteiger partial charge in [0.2, 0.25) is 10.0 Å². The topological polar surface area (TPSA) is 66.4 Å². The summed E-state index contributed by atoms with van der Waals surface area (Å²) in [5.41, 5.74) is 0.833. The molecule has 0 atom stereocenters. The van der Waals surface area contributed by atoms with Crippen molar-refractivity contribution in [2.45, 2.75) is 43.5 Å². The van der Waals surface area contributed by atoms with Crippen molar-refractivity contribution in [1.29, 1.82) is 0 Å². The Bertz CT molecular complexity index is 501. The molecule has 1 aromatic heterocycles. The molecule has 0 saturated heterocycles. The molecule has 0 aliphatic heterocycles. The summed E-state index contributed by atoms with van der Waals surface area (Å²) in [7, 11) is -3.40. The van der Waals surface area contributed by atoms with Crippen LogP contribution in [0.25, 0.3) is 0 Å². The van der Waals surface area contributed by atoms with Crippen LogP contribution in [0.4, 0.5) is 0 Å². The highest BCUT2D eigenvalue weighted by atomic mass is 32.2. The van der Waals surface area contributed by atoms with Gasteiger partial charge in [0.15, 0.2) is 0 Å². The number of nitrogens with one attached hydrogen (secondary N) is 1. The second kappa shape index (κ2) is 4.68. The van der Waals surface area contributed by atoms with Gasteiger partial charge >= 0.3 is 0 Å². The van der Waals surface area contributed by atoms with E-state index in [0.717, 1.165) is 29.7 Å². The maximum atomic E-state index is 12.0. The van der Waals surface area contributed by atoms with Gasteiger partial charge in [0, 0.05) is 10.9 Å². The van der Waals surface area contributed by atoms with E-state index in [1.165, 1.54) is 0 Å². The van der Waals surface area contributed by atoms with Gasteiger partial charge in [-0.3, -0.25) is 0 Å². The predicted octanol–water partition coefficient (Wildman–Crippen LogP) is 1.63. The number of aliphatic hydroxyl groups excluding tert-OH is 1. The summed E-state index contributed by atoms with van der Waals surface area (Å²) < 4.78 is 27.1. The molecular formula is C11H17NO3S2. The van der Waals surface area contributed by atoms with Crippen LogP contribution in [-0.4, -0.2) is 19.6 Å². The van der Waals surface area contributed by atoms with E-state index in [2.05, 4.69) is 11.6 Å². The Labute approximate surface area is 106 Å². The maximum absolute atomic E-state index is 12.0. The Morgan fingerprint density at radius 1 is 1.53 bits per heavy atom. The Kier molecular flexibility index (Phi) is 3.58. The number of hydrogen-bond donors (Lipinski definition) is 2. The number of aryl methyl sites for hydroxylation is 1. The molecular weight excluding hydrogens is 258 g/mol. The van der Waals surface area contributed by atoms with Crippen molar-refractivity contribution in [2.75, 3.05) is 0 Å². The number of aliphatic hydroxyl groups is 1. The van der Waals surface area contributed by atoms with E-state index in [9.17, 15) is 8.42 Å². The Morgan fingerprint density at radius 3 is 2.65 bits per heavy atom. The molecule has 0 spiro atoms. The Balaban J connectivity index is 2.14. The van der Waals surface area contributed by atoms with Crippen LogP contribution < -0.4 is 4.72 Å². The number of hydrogen-bond acceptors (Lipinski definition) is 4. The van der Waals surface area contributed by atoms with Crippen molar-refractivity contribution >= 4 is 21.4 Å². The summed E-state index contributed by atoms with van der Waals surface area (Å²) in [6, 6.07) is 1.70. The van der Waals surface area contributed by atoms with E-state index >= 15 is 0 Å². The van der Waals surface area contributed by atoms with Gasteiger partial charge in [0.25, 0.3) is 0 Å². The fourth-order valence-corrected chi connectivity index (χ4v) is 4.78. The summed E-state index contributed by atoms with van der Waals surface area (Å²) in [6.07, 6.45) is 1.83. The molecule has 4 nitrogen and oxygen atoms in total. The van der Waals surface area contributed by atoms with Crippen molar-refractivity contribution in [1.82, 2.24) is 4.72 Å². The predicted molar refractivity (Wildman–Crippen MR) is 67.5 cm³/mol. The summed E-state index contributed by atoms with van der Waals surface area (Å²) in [5, 5.41) is 9.07. The van der Waals surface area contributed by atoms with Gasteiger partial charge < -0.3 is 5.11 Å². The van der Waals surface area contributed by atoms with Crippen LogP contribution in [0.15, 0.2) is 10.3 Å². The van der Waals surface area contributed by atoms with Crippen molar-refractivity contribution < 1.29 is 13.5 Å². The highest BCUT2D eigenvalue weighted by Gasteiger charge is 2.30. The Morgan fingerprint density at radius 2 is 2.18 bits per heavy atom. The van der Waals surface area contributed by atoms with Gasteiger partial charge in [-0.05, 0) is 37.3 Å². The number of sulfonamides is 1. The molecule has 2 N–H and O–H groups in total. The highest BCUT2D eigenvalue weighted by molar-refractivity contribution is 7.91. The van der Waals surface area contributed by atoms with Gasteiger partial charge in [0.1, 0.15) is 4.21 Å². The zero-order valence-electron chi connectivity index (χ0n) is 9.93. The summed E-state index contributed by atoms with van der Waals surface area (Å²) >= 11 is 1.14. The third-order valence-corrected chi connectivity index (χ3v) is 6.32. The maximum Gasteiger partial charge on any atom is 0.250 e. The van der Waals surface area contributed by atoms with Crippen LogP contribution in [0.3, 0.4) is 0 Å². The van der Waals surface area contributed by atoms with Crippen LogP contribution >= 0.6 is 11.3 Å². The van der Waals surface area contributed by atoms with E-state index in [1.54, 1.807) is 6.07 Å². The third-order valence-electron chi connectivity index (χ3n) is 3.10. The quantitative estimate of drug-likeness (QED) is 0.877. The molecule has 1 saturated carbocycles. The molecule has 1 aliphatic carbocycles. The third kappa shape index (κ3) is 2.70. The first-order valence-corrected chi connectivity index (χ1v) is 7.95. The van der Waals surface area contributed by atoms with Crippen molar-refractivity contribution in [3.63, 3.8) is 0 Å². The molecule has 1 aromatic rings. The van der Waals surface area contributed by atoms with Crippen molar-refractivity contribution in [2.24, 2.45) is 5.92 Å². The minimum absolute atomic E-state index is 0.0787. The molecule has 0 bridgehead atoms. The van der Waals surface area contributed by atoms with E-state index < -0.39 is 10.0 Å². The fraction of sp³-hybridized carbons (Fsp3) is 0.636. The average Bonchev–Trinajstić information content (AvgIpc) is 2.58. The Hall–Kier alpha value is -0.430. The van der Waals surface area contributed by atoms with Crippen molar-refractivity contribution in [3.05, 3.63) is 16.5 Å². The minimum Gasteiger partial charge on any atom is -0.391 e. The molecule has 96 valence electrons. The SMILES string of the molecule is Cc1cc(S(=O)(=O)NC2CC(C)C2)sc1CO. The number of thiophene rings is 1. The van der Waals surface area contributed by atoms with Gasteiger partial charge in [-0.1, -0.05) is 6.92 Å². The summed E-state index contributed by atoms with van der Waals surface area (Å²) in [5.74, 6) is 0.612. The first kappa shape index (κ1) is 13.0. The van der Waals surface area contributed by atoms with Gasteiger partial charge in [-0.2, -0.15) is 0 Å². The fourth-order valence-electron chi connectivity index (χ4n) is 2.05. The van der Waals surface area contributed by atoms with Gasteiger partial charge in [0.05, 0.1) is 6.61 Å². The van der Waals surface area contributed by atoms with Crippen LogP contribution in [0.5, 0.6) is 0 Å². The molecule has 1 heterocycles. The van der Waals surface area contributed by atoms with Crippen LogP contribution in [0.1, 0.15) is 30.2 Å². The molecule has 2 rings (SSSR count). The van der Waals surface area contributed by atoms with E-state index in [1.807, 2.05) is 6.92 Å². The van der Waals surface area contributed by atoms with Crippen LogP contribution in [-0.2, 0) is 16.6 Å². The van der Waals surface area contributed by atoms with Crippen LogP contribution in [0.2, 0.25) is 0 Å². The van der Waals surface area contributed by atoms with Gasteiger partial charge in [-0.15, -0.1) is 11.3 Å². The van der Waals surface area contributed by atoms with E-state index in [0.29, 0.717) is 15.0 Å². The van der Waals surface area contributed by atoms with Crippen LogP contribution in [0, 0.1) is 12.8 Å². The van der Waals surface area contributed by atoms with E-state index in [4.69, 9.17) is 5.11 Å². The minimum atomic E-state index is -3.40. The molecule has 6 heteroatoms. The first-order chi connectivity index (χ1) is 7.92. The van der Waals surface area contributed by atoms with Gasteiger partial charge in [-0.25, -0.2) is 13.1 Å². The molecule has 17 heavy (non-hydrogen) atoms. The lowest BCUT2D eigenvalue weighted by Crippen LogP contribution is -2.43. The molecule has 0 amide bonds. The average molecular weight is 275 g/mol. The molecule has 0 aromatic carbocycles. The molecule has 1 aliphatic rings. The summed E-state index contributed by atoms with van der Waals surface area (Å²) in [6.45, 7) is 3.82. The lowest BCUT2D eigenvalue weighted by Gasteiger charge is -2.32. The standard InChI is InChI=1S/C11H17NO3S2/c1-7-3-9(4-7)12-17(14,15)11-5-8(2)10(6-13)16-11/h5,7,9,12-13H,3-4,6H2,1-2H3. The smallest absolute Gasteiger partial charge is 0.250 e. The lowest BCUT2D eigenvalue weighted by atomic mass is 9.83. The zero-order chi connectivity index (χ0) is 12.6. The largest absolute Gasteiger partial charge is 0.391 e. The zero-order valence-corrected chi connectivity index (χ0v) is 11.6. The first-order valence-electron chi connectivity index (χ1n) is 5.65. The molecule has 1 fully saturated rings. The normalized spacial score (nSPS) is 24.6. The van der Waals surface area contributed by atoms with E-state index in [-0.39, 0.29) is 12.6 Å². The second-order valence-electron chi connectivity index (χ2n) is 4.72. The second-order valence-corrected chi connectivity index (χ2v) is 7.80. The molecule has 0 radical (unpaired) electrons. The molecule has 0 unspecified atom stereocenters. The number of rotatable bonds is 4. The monoisotopic (exact) mass is 275 g/mol.